The third-order valence-electron chi connectivity index (χ3n) is 4.82. The summed E-state index contributed by atoms with van der Waals surface area (Å²) in [4.78, 5) is 37.8. The van der Waals surface area contributed by atoms with E-state index < -0.39 is 48.5 Å². The van der Waals surface area contributed by atoms with Gasteiger partial charge < -0.3 is 20.5 Å². The Bertz CT molecular complexity index is 579. The molecule has 0 aromatic carbocycles. The number of rotatable bonds is 14. The maximum absolute atomic E-state index is 12.8. The third kappa shape index (κ3) is 8.84. The molecule has 4 atom stereocenters. The highest BCUT2D eigenvalue weighted by Crippen LogP contribution is 2.30. The predicted octanol–water partition coefficient (Wildman–Crippen LogP) is 2.06. The van der Waals surface area contributed by atoms with Gasteiger partial charge in [0.1, 0.15) is 11.4 Å². The number of hydrogen-bond acceptors (Lipinski definition) is 6. The van der Waals surface area contributed by atoms with E-state index in [1.54, 1.807) is 6.92 Å². The summed E-state index contributed by atoms with van der Waals surface area (Å²) < 4.78 is 34.5. The normalized spacial score (nSPS) is 21.9. The molecule has 1 heterocycles. The molecule has 7 nitrogen and oxygen atoms in total. The van der Waals surface area contributed by atoms with Crippen LogP contribution in [0.2, 0.25) is 0 Å². The Kier molecular flexibility index (Phi) is 9.78. The second-order valence-corrected chi connectivity index (χ2v) is 8.77. The first-order chi connectivity index (χ1) is 13.4. The summed E-state index contributed by atoms with van der Waals surface area (Å²) in [5, 5.41) is 2.62. The van der Waals surface area contributed by atoms with Crippen LogP contribution in [0.4, 0.5) is 8.78 Å². The molecule has 0 saturated carbocycles. The van der Waals surface area contributed by atoms with Crippen molar-refractivity contribution in [3.63, 3.8) is 0 Å². The number of ketones is 2. The number of carbonyl (C=O) groups excluding carboxylic acids is 3. The van der Waals surface area contributed by atoms with Crippen molar-refractivity contribution in [1.29, 1.82) is 0 Å². The van der Waals surface area contributed by atoms with Crippen LogP contribution < -0.4 is 11.1 Å². The van der Waals surface area contributed by atoms with Gasteiger partial charge in [0.2, 0.25) is 5.91 Å². The Morgan fingerprint density at radius 3 is 2.14 bits per heavy atom. The van der Waals surface area contributed by atoms with Gasteiger partial charge in [-0.2, -0.15) is 8.78 Å². The van der Waals surface area contributed by atoms with Crippen LogP contribution >= 0.6 is 0 Å². The van der Waals surface area contributed by atoms with Crippen molar-refractivity contribution >= 4 is 17.5 Å². The number of ether oxygens (including phenoxy) is 2. The molecule has 0 radical (unpaired) electrons. The number of nitrogens with one attached hydrogen (secondary N) is 1. The molecule has 0 spiro atoms. The lowest BCUT2D eigenvalue weighted by Gasteiger charge is -2.25. The second-order valence-electron chi connectivity index (χ2n) is 8.77. The highest BCUT2D eigenvalue weighted by Gasteiger charge is 2.50. The summed E-state index contributed by atoms with van der Waals surface area (Å²) in [5.74, 6) is -2.24. The van der Waals surface area contributed by atoms with Crippen LogP contribution in [0.25, 0.3) is 0 Å². The van der Waals surface area contributed by atoms with E-state index in [9.17, 15) is 23.2 Å². The van der Waals surface area contributed by atoms with E-state index in [0.29, 0.717) is 12.8 Å². The molecule has 1 fully saturated rings. The van der Waals surface area contributed by atoms with Crippen molar-refractivity contribution in [3.8, 4) is 0 Å². The van der Waals surface area contributed by atoms with E-state index in [4.69, 9.17) is 10.5 Å². The minimum Gasteiger partial charge on any atom is -0.361 e. The van der Waals surface area contributed by atoms with Gasteiger partial charge >= 0.3 is 6.61 Å². The van der Waals surface area contributed by atoms with E-state index in [1.165, 1.54) is 0 Å². The van der Waals surface area contributed by atoms with Crippen LogP contribution in [0.3, 0.4) is 0 Å². The van der Waals surface area contributed by atoms with Crippen LogP contribution in [-0.4, -0.2) is 55.0 Å². The van der Waals surface area contributed by atoms with E-state index in [0.717, 1.165) is 0 Å². The van der Waals surface area contributed by atoms with Crippen molar-refractivity contribution in [2.75, 3.05) is 13.2 Å². The van der Waals surface area contributed by atoms with Crippen LogP contribution in [0.1, 0.15) is 53.9 Å². The zero-order chi connectivity index (χ0) is 22.4. The maximum atomic E-state index is 12.8. The molecular weight excluding hydrogens is 386 g/mol. The van der Waals surface area contributed by atoms with Gasteiger partial charge in [-0.25, -0.2) is 0 Å². The molecule has 1 aliphatic rings. The van der Waals surface area contributed by atoms with Gasteiger partial charge in [-0.05, 0) is 31.6 Å². The van der Waals surface area contributed by atoms with E-state index in [2.05, 4.69) is 10.1 Å². The minimum absolute atomic E-state index is 0.100. The van der Waals surface area contributed by atoms with E-state index in [-0.39, 0.29) is 30.6 Å². The van der Waals surface area contributed by atoms with Gasteiger partial charge in [0.25, 0.3) is 0 Å². The van der Waals surface area contributed by atoms with Crippen molar-refractivity contribution in [1.82, 2.24) is 5.32 Å². The van der Waals surface area contributed by atoms with Crippen molar-refractivity contribution in [2.45, 2.75) is 78.2 Å². The van der Waals surface area contributed by atoms with Gasteiger partial charge in [-0.1, -0.05) is 27.7 Å². The summed E-state index contributed by atoms with van der Waals surface area (Å²) >= 11 is 0. The molecule has 1 aliphatic heterocycles. The minimum atomic E-state index is -3.07. The zero-order valence-corrected chi connectivity index (χ0v) is 17.9. The molecule has 0 unspecified atom stereocenters. The Morgan fingerprint density at radius 1 is 1.14 bits per heavy atom. The lowest BCUT2D eigenvalue weighted by Crippen LogP contribution is -2.50. The lowest BCUT2D eigenvalue weighted by atomic mass is 9.91. The summed E-state index contributed by atoms with van der Waals surface area (Å²) in [7, 11) is 0. The number of nitrogens with two attached hydrogens (primary N) is 1. The Hall–Kier alpha value is -1.45. The molecule has 168 valence electrons. The first-order valence-corrected chi connectivity index (χ1v) is 10.0. The molecule has 9 heteroatoms. The number of alkyl halides is 2. The smallest absolute Gasteiger partial charge is 0.345 e. The van der Waals surface area contributed by atoms with Gasteiger partial charge in [0, 0.05) is 6.42 Å². The lowest BCUT2D eigenvalue weighted by molar-refractivity contribution is -0.152. The van der Waals surface area contributed by atoms with Gasteiger partial charge in [-0.15, -0.1) is 0 Å². The van der Waals surface area contributed by atoms with Crippen molar-refractivity contribution in [2.24, 2.45) is 23.5 Å². The standard InChI is InChI=1S/C20H34F2N2O5/c1-11(2)6-14(23)16(25)8-13(9-28-19(21)22)18(27)24-15(7-12(3)4)17(26)20(5)10-29-20/h11-15,19H,6-10,23H2,1-5H3,(H,24,27)/t13-,14-,15-,20+/m0/s1. The van der Waals surface area contributed by atoms with Gasteiger partial charge in [-0.3, -0.25) is 14.4 Å². The molecule has 0 aromatic rings. The quantitative estimate of drug-likeness (QED) is 0.416. The Morgan fingerprint density at radius 2 is 1.69 bits per heavy atom. The summed E-state index contributed by atoms with van der Waals surface area (Å²) in [6.45, 7) is 5.80. The van der Waals surface area contributed by atoms with Crippen molar-refractivity contribution < 1.29 is 32.6 Å². The van der Waals surface area contributed by atoms with E-state index in [1.807, 2.05) is 27.7 Å². The SMILES string of the molecule is CC(C)C[C@H](NC(=O)[C@H](COC(F)F)CC(=O)[C@@H](N)CC(C)C)C(=O)[C@@]1(C)CO1. The number of epoxide rings is 1. The first kappa shape index (κ1) is 25.6. The molecule has 1 saturated heterocycles. The molecule has 29 heavy (non-hydrogen) atoms. The third-order valence-corrected chi connectivity index (χ3v) is 4.82. The monoisotopic (exact) mass is 420 g/mol. The van der Waals surface area contributed by atoms with Crippen LogP contribution in [0.5, 0.6) is 0 Å². The average molecular weight is 420 g/mol. The molecule has 1 amide bonds. The maximum Gasteiger partial charge on any atom is 0.345 e. The highest BCUT2D eigenvalue weighted by atomic mass is 19.3. The number of halogens is 2. The van der Waals surface area contributed by atoms with Crippen LogP contribution in [0.15, 0.2) is 0 Å². The molecule has 1 rings (SSSR count). The molecule has 0 bridgehead atoms. The summed E-state index contributed by atoms with van der Waals surface area (Å²) in [5.41, 5.74) is 4.93. The molecule has 0 aliphatic carbocycles. The Labute approximate surface area is 171 Å². The summed E-state index contributed by atoms with van der Waals surface area (Å²) in [6.07, 6.45) is 0.461. The zero-order valence-electron chi connectivity index (χ0n) is 17.9. The largest absolute Gasteiger partial charge is 0.361 e. The first-order valence-electron chi connectivity index (χ1n) is 10.0. The topological polar surface area (TPSA) is 111 Å². The van der Waals surface area contributed by atoms with Crippen molar-refractivity contribution in [3.05, 3.63) is 0 Å². The van der Waals surface area contributed by atoms with Crippen LogP contribution in [0, 0.1) is 17.8 Å². The fourth-order valence-corrected chi connectivity index (χ4v) is 3.06. The molecule has 3 N–H and O–H groups in total. The summed E-state index contributed by atoms with van der Waals surface area (Å²) in [6, 6.07) is -1.62. The second kappa shape index (κ2) is 11.1. The average Bonchev–Trinajstić information content (AvgIpc) is 3.34. The van der Waals surface area contributed by atoms with E-state index >= 15 is 0 Å². The predicted molar refractivity (Wildman–Crippen MR) is 103 cm³/mol. The number of carbonyl (C=O) groups is 3. The van der Waals surface area contributed by atoms with Crippen LogP contribution in [-0.2, 0) is 23.9 Å². The Balaban J connectivity index is 2.86. The molecular formula is C20H34F2N2O5. The fourth-order valence-electron chi connectivity index (χ4n) is 3.06. The van der Waals surface area contributed by atoms with Gasteiger partial charge in [0.15, 0.2) is 5.78 Å². The number of amides is 1. The fraction of sp³-hybridized carbons (Fsp3) is 0.850. The highest BCUT2D eigenvalue weighted by molar-refractivity contribution is 5.97. The number of Topliss-reactive ketones (excluding diaryl/α,β-unsaturated/α-hetero) is 2. The number of hydrogen-bond donors (Lipinski definition) is 2. The van der Waals surface area contributed by atoms with Gasteiger partial charge in [0.05, 0.1) is 31.2 Å². The molecule has 0 aromatic heterocycles.